The van der Waals surface area contributed by atoms with Crippen LogP contribution in [0.1, 0.15) is 45.7 Å². The van der Waals surface area contributed by atoms with Crippen LogP contribution in [-0.2, 0) is 39.6 Å². The highest BCUT2D eigenvalue weighted by Crippen LogP contribution is 2.39. The molecule has 0 aliphatic carbocycles. The molecule has 4 aromatic rings. The fourth-order valence-corrected chi connectivity index (χ4v) is 6.68. The van der Waals surface area contributed by atoms with Gasteiger partial charge in [-0.05, 0) is 50.2 Å². The van der Waals surface area contributed by atoms with Gasteiger partial charge in [0, 0.05) is 23.0 Å². The van der Waals surface area contributed by atoms with E-state index in [1.807, 2.05) is 13.8 Å². The summed E-state index contributed by atoms with van der Waals surface area (Å²) in [5.74, 6) is -6.87. The van der Waals surface area contributed by atoms with E-state index in [4.69, 9.17) is 30.4 Å². The van der Waals surface area contributed by atoms with Gasteiger partial charge in [0.1, 0.15) is 11.6 Å². The van der Waals surface area contributed by atoms with E-state index >= 15 is 0 Å². The maximum Gasteiger partial charge on any atom is 0.349 e. The molecule has 0 amide bonds. The first kappa shape index (κ1) is 45.1. The van der Waals surface area contributed by atoms with Crippen LogP contribution < -0.4 is 11.5 Å². The highest BCUT2D eigenvalue weighted by Gasteiger charge is 2.48. The lowest BCUT2D eigenvalue weighted by Gasteiger charge is -2.30. The zero-order valence-corrected chi connectivity index (χ0v) is 31.7. The maximum atomic E-state index is 13.7. The van der Waals surface area contributed by atoms with E-state index in [-0.39, 0.29) is 73.2 Å². The third kappa shape index (κ3) is 10.5. The number of carbonyl (C=O) groups excluding carboxylic acids is 2. The Morgan fingerprint density at radius 2 is 0.931 bits per heavy atom. The van der Waals surface area contributed by atoms with Crippen LogP contribution in [0.25, 0.3) is 0 Å². The number of aliphatic carboxylic acids is 2. The van der Waals surface area contributed by atoms with Crippen LogP contribution in [-0.4, -0.2) is 95.1 Å². The Morgan fingerprint density at radius 3 is 1.22 bits per heavy atom. The van der Waals surface area contributed by atoms with Gasteiger partial charge in [0.25, 0.3) is 0 Å². The monoisotopic (exact) mass is 808 g/mol. The topological polar surface area (TPSA) is 238 Å². The quantitative estimate of drug-likeness (QED) is 0.119. The summed E-state index contributed by atoms with van der Waals surface area (Å²) >= 11 is 0. The predicted molar refractivity (Wildman–Crippen MR) is 203 cm³/mol. The van der Waals surface area contributed by atoms with Gasteiger partial charge in [-0.2, -0.15) is 0 Å². The Hall–Kier alpha value is -5.62. The zero-order valence-electron chi connectivity index (χ0n) is 31.7. The highest BCUT2D eigenvalue weighted by atomic mass is 19.1. The molecule has 2 fully saturated rings. The average molecular weight is 809 g/mol. The van der Waals surface area contributed by atoms with Gasteiger partial charge in [-0.3, -0.25) is 0 Å². The Labute approximate surface area is 332 Å². The minimum Gasteiger partial charge on any atom is -0.478 e. The molecule has 310 valence electrons. The van der Waals surface area contributed by atoms with Gasteiger partial charge in [-0.1, -0.05) is 72.8 Å². The molecule has 0 radical (unpaired) electrons. The van der Waals surface area contributed by atoms with Crippen molar-refractivity contribution in [1.82, 2.24) is 0 Å². The molecular weight excluding hydrogens is 762 g/mol. The fourth-order valence-electron chi connectivity index (χ4n) is 6.68. The lowest BCUT2D eigenvalue weighted by atomic mass is 9.79. The number of benzene rings is 4. The Kier molecular flexibility index (Phi) is 15.7. The van der Waals surface area contributed by atoms with Crippen LogP contribution in [0, 0.1) is 23.5 Å². The van der Waals surface area contributed by atoms with E-state index in [0.717, 1.165) is 0 Å². The third-order valence-corrected chi connectivity index (χ3v) is 10.0. The normalized spacial score (nSPS) is 24.5. The van der Waals surface area contributed by atoms with Crippen molar-refractivity contribution in [2.24, 2.45) is 23.3 Å². The van der Waals surface area contributed by atoms with Crippen LogP contribution in [0.15, 0.2) is 109 Å². The van der Waals surface area contributed by atoms with Gasteiger partial charge in [0.05, 0.1) is 60.8 Å². The molecule has 14 nitrogen and oxygen atoms in total. The lowest BCUT2D eigenvalue weighted by molar-refractivity contribution is -0.166. The number of hydrogen-bond donors (Lipinski definition) is 6. The number of halogens is 2. The molecule has 8 N–H and O–H groups in total. The summed E-state index contributed by atoms with van der Waals surface area (Å²) in [6.45, 7) is 3.95. The van der Waals surface area contributed by atoms with E-state index in [0.29, 0.717) is 11.1 Å². The second-order valence-electron chi connectivity index (χ2n) is 13.7. The van der Waals surface area contributed by atoms with Crippen LogP contribution in [0.3, 0.4) is 0 Å². The minimum absolute atomic E-state index is 0.0253. The first-order valence-electron chi connectivity index (χ1n) is 18.1. The average Bonchev–Trinajstić information content (AvgIpc) is 3.69. The highest BCUT2D eigenvalue weighted by molar-refractivity contribution is 5.95. The van der Waals surface area contributed by atoms with E-state index in [9.17, 15) is 48.4 Å². The van der Waals surface area contributed by atoms with Crippen LogP contribution in [0.2, 0.25) is 0 Å². The van der Waals surface area contributed by atoms with E-state index in [1.165, 1.54) is 60.7 Å². The van der Waals surface area contributed by atoms with Crippen molar-refractivity contribution < 1.29 is 67.3 Å². The van der Waals surface area contributed by atoms with Gasteiger partial charge in [0.2, 0.25) is 12.2 Å². The number of hydrogen-bond acceptors (Lipinski definition) is 12. The summed E-state index contributed by atoms with van der Waals surface area (Å²) in [7, 11) is 0. The summed E-state index contributed by atoms with van der Waals surface area (Å²) in [6.07, 6.45) is -4.75. The van der Waals surface area contributed by atoms with Crippen molar-refractivity contribution in [3.8, 4) is 0 Å². The standard InChI is InChI=1S/C18H14O8.2C12H16FNO2/c19-15(20)13(25-17(23)11-7-3-1-4-8-11)14(16(21)22)26-18(24)12-9-5-2-6-10-12;2*1-8-10(6-15)12(14,7-16-8)9-4-2-3-5-11(9)13/h1-10,13-14H,(H,19,20)(H,21,22);2*2-5,8,10,15H,6-7,14H2,1H3/t13-,14-;2*8-,10-,12-/m011/s1. The largest absolute Gasteiger partial charge is 0.478 e. The third-order valence-electron chi connectivity index (χ3n) is 10.0. The first-order chi connectivity index (χ1) is 27.6. The molecular formula is C42H46F2N2O12. The molecule has 2 saturated heterocycles. The number of aliphatic hydroxyl groups excluding tert-OH is 2. The van der Waals surface area contributed by atoms with Gasteiger partial charge in [0.15, 0.2) is 0 Å². The van der Waals surface area contributed by atoms with Gasteiger partial charge >= 0.3 is 23.9 Å². The summed E-state index contributed by atoms with van der Waals surface area (Å²) in [5.41, 5.74) is 11.4. The minimum atomic E-state index is -2.21. The molecule has 0 saturated carbocycles. The van der Waals surface area contributed by atoms with Crippen molar-refractivity contribution >= 4 is 23.9 Å². The number of aliphatic hydroxyl groups is 2. The number of carboxylic acid groups (broad SMARTS) is 2. The number of carboxylic acids is 2. The number of ether oxygens (including phenoxy) is 4. The van der Waals surface area contributed by atoms with E-state index < -0.39 is 47.2 Å². The first-order valence-corrected chi connectivity index (χ1v) is 18.1. The fraction of sp³-hybridized carbons (Fsp3) is 0.333. The molecule has 58 heavy (non-hydrogen) atoms. The van der Waals surface area contributed by atoms with E-state index in [2.05, 4.69) is 0 Å². The summed E-state index contributed by atoms with van der Waals surface area (Å²) in [4.78, 5) is 46.8. The molecule has 2 heterocycles. The molecule has 6 rings (SSSR count). The van der Waals surface area contributed by atoms with Crippen molar-refractivity contribution in [1.29, 1.82) is 0 Å². The lowest BCUT2D eigenvalue weighted by Crippen LogP contribution is -2.47. The Bertz CT molecular complexity index is 1870. The summed E-state index contributed by atoms with van der Waals surface area (Å²) < 4.78 is 47.8. The van der Waals surface area contributed by atoms with Crippen LogP contribution in [0.5, 0.6) is 0 Å². The number of rotatable bonds is 11. The molecule has 0 unspecified atom stereocenters. The van der Waals surface area contributed by atoms with E-state index in [1.54, 1.807) is 48.5 Å². The van der Waals surface area contributed by atoms with Gasteiger partial charge in [-0.15, -0.1) is 0 Å². The zero-order chi connectivity index (χ0) is 42.6. The number of carbonyl (C=O) groups is 4. The molecule has 0 spiro atoms. The van der Waals surface area contributed by atoms with Crippen molar-refractivity contribution in [2.75, 3.05) is 26.4 Å². The molecule has 0 aromatic heterocycles. The summed E-state index contributed by atoms with van der Waals surface area (Å²) in [5, 5.41) is 37.2. The summed E-state index contributed by atoms with van der Waals surface area (Å²) in [6, 6.07) is 27.6. The van der Waals surface area contributed by atoms with Gasteiger partial charge < -0.3 is 50.8 Å². The second-order valence-corrected chi connectivity index (χ2v) is 13.7. The molecule has 8 atom stereocenters. The van der Waals surface area contributed by atoms with Crippen LogP contribution >= 0.6 is 0 Å². The molecule has 4 aromatic carbocycles. The predicted octanol–water partition coefficient (Wildman–Crippen LogP) is 3.62. The van der Waals surface area contributed by atoms with Crippen molar-refractivity contribution in [3.05, 3.63) is 143 Å². The smallest absolute Gasteiger partial charge is 0.349 e. The van der Waals surface area contributed by atoms with Crippen molar-refractivity contribution in [2.45, 2.75) is 49.3 Å². The second kappa shape index (κ2) is 20.2. The number of nitrogens with two attached hydrogens (primary N) is 2. The van der Waals surface area contributed by atoms with Gasteiger partial charge in [-0.25, -0.2) is 28.0 Å². The molecule has 16 heteroatoms. The molecule has 0 bridgehead atoms. The molecule has 2 aliphatic heterocycles. The SMILES string of the molecule is C[C@H]1OC[C@@](N)(c2ccccc2F)[C@@H]1CO.C[C@H]1OC[C@@](N)(c2ccccc2F)[C@@H]1CO.O=C(O[C@H](C(=O)O)[C@H](OC(=O)c1ccccc1)C(=O)O)c1ccccc1. The Balaban J connectivity index is 0.000000202. The van der Waals surface area contributed by atoms with Crippen molar-refractivity contribution in [3.63, 3.8) is 0 Å². The van der Waals surface area contributed by atoms with Crippen LogP contribution in [0.4, 0.5) is 8.78 Å². The number of esters is 2. The maximum absolute atomic E-state index is 13.7. The Morgan fingerprint density at radius 1 is 0.621 bits per heavy atom. The molecule has 2 aliphatic rings.